The molecular weight excluding hydrogens is 686 g/mol. The molecule has 0 aliphatic carbocycles. The summed E-state index contributed by atoms with van der Waals surface area (Å²) in [5.41, 5.74) is 9.01. The van der Waals surface area contributed by atoms with Gasteiger partial charge < -0.3 is 25.6 Å². The number of nitrogens with two attached hydrogens (primary N) is 1. The molecule has 0 bridgehead atoms. The monoisotopic (exact) mass is 716 g/mol. The van der Waals surface area contributed by atoms with E-state index in [9.17, 15) is 19.5 Å². The fraction of sp³-hybridized carbons (Fsp3) is 0.229. The Morgan fingerprint density at radius 2 is 1.74 bits per heavy atom. The second-order valence-corrected chi connectivity index (χ2v) is 13.2. The molecular formula is C35H31Cl2FN8O4. The lowest BCUT2D eigenvalue weighted by molar-refractivity contribution is -0.119. The number of carboxylic acids is 1. The molecule has 15 heteroatoms. The molecule has 2 aliphatic rings. The number of carbonyl (C=O) groups excluding carboxylic acids is 1. The van der Waals surface area contributed by atoms with Crippen molar-refractivity contribution in [2.45, 2.75) is 12.5 Å². The fourth-order valence-corrected chi connectivity index (χ4v) is 6.80. The zero-order chi connectivity index (χ0) is 35.3. The minimum atomic E-state index is -1.37. The lowest BCUT2D eigenvalue weighted by Crippen LogP contribution is -2.51. The molecule has 4 heterocycles. The number of nitrogens with zero attached hydrogens (tertiary/aromatic N) is 6. The maximum absolute atomic E-state index is 15.4. The zero-order valence-corrected chi connectivity index (χ0v) is 28.2. The molecule has 1 unspecified atom stereocenters. The van der Waals surface area contributed by atoms with E-state index in [2.05, 4.69) is 20.2 Å². The second-order valence-electron chi connectivity index (χ2n) is 12.3. The minimum absolute atomic E-state index is 0.00346. The Balaban J connectivity index is 1.05. The Kier molecular flexibility index (Phi) is 8.80. The summed E-state index contributed by atoms with van der Waals surface area (Å²) in [6.45, 7) is 2.24. The van der Waals surface area contributed by atoms with Crippen LogP contribution in [0.2, 0.25) is 10.0 Å². The highest BCUT2D eigenvalue weighted by atomic mass is 35.5. The first-order valence-corrected chi connectivity index (χ1v) is 16.5. The van der Waals surface area contributed by atoms with E-state index in [1.807, 2.05) is 23.1 Å². The molecule has 2 aromatic heterocycles. The second kappa shape index (κ2) is 13.2. The predicted octanol–water partition coefficient (Wildman–Crippen LogP) is 4.93. The Bertz CT molecular complexity index is 2220. The molecule has 2 aliphatic heterocycles. The number of fused-ring (bicyclic) bond motifs is 2. The smallest absolute Gasteiger partial charge is 0.341 e. The van der Waals surface area contributed by atoms with E-state index >= 15 is 4.39 Å². The molecule has 4 N–H and O–H groups in total. The van der Waals surface area contributed by atoms with Gasteiger partial charge >= 0.3 is 5.97 Å². The largest absolute Gasteiger partial charge is 0.477 e. The lowest BCUT2D eigenvalue weighted by atomic mass is 10.1. The molecule has 7 rings (SSSR count). The first-order valence-electron chi connectivity index (χ1n) is 15.7. The number of hydrogen-bond acceptors (Lipinski definition) is 9. The number of benzene rings is 3. The van der Waals surface area contributed by atoms with Gasteiger partial charge in [0.15, 0.2) is 0 Å². The van der Waals surface area contributed by atoms with Crippen molar-refractivity contribution in [3.05, 3.63) is 115 Å². The van der Waals surface area contributed by atoms with Gasteiger partial charge in [0.05, 0.1) is 23.6 Å². The van der Waals surface area contributed by atoms with Gasteiger partial charge in [-0.1, -0.05) is 35.3 Å². The number of pyridine rings is 1. The van der Waals surface area contributed by atoms with Gasteiger partial charge in [-0.25, -0.2) is 14.2 Å². The van der Waals surface area contributed by atoms with Gasteiger partial charge in [-0.05, 0) is 48.0 Å². The molecule has 0 radical (unpaired) electrons. The maximum Gasteiger partial charge on any atom is 0.341 e. The van der Waals surface area contributed by atoms with Crippen molar-refractivity contribution in [2.75, 3.05) is 53.7 Å². The molecule has 1 amide bonds. The third kappa shape index (κ3) is 6.30. The SMILES string of the molecule is Cn1cc(C(=O)O)c(=O)c2cc(F)c(N3CCN(CN4C(=O)C(Nc5ncc(Cc6ccc(Cl)cc6)c(N)n5)c5cc(Cl)ccc54)CC3)cc21. The summed E-state index contributed by atoms with van der Waals surface area (Å²) >= 11 is 12.4. The molecule has 0 spiro atoms. The Morgan fingerprint density at radius 1 is 1.02 bits per heavy atom. The molecule has 5 aromatic rings. The van der Waals surface area contributed by atoms with Gasteiger partial charge in [0.1, 0.15) is 23.2 Å². The van der Waals surface area contributed by atoms with Crippen molar-refractivity contribution < 1.29 is 19.1 Å². The van der Waals surface area contributed by atoms with Crippen molar-refractivity contribution in [1.29, 1.82) is 0 Å². The standard InChI is InChI=1S/C35H31Cl2FN8O4/c1-43-17-25(34(49)50)31(47)24-14-26(38)29(15-28(24)43)45-10-8-44(9-11-45)18-46-27-7-6-22(37)13-23(27)30(33(46)48)41-35-40-16-20(32(39)42-35)12-19-2-4-21(36)5-3-19/h2-7,13-17,30H,8-12,18H2,1H3,(H,49,50)(H3,39,40,41,42). The van der Waals surface area contributed by atoms with Gasteiger partial charge in [0, 0.05) is 78.6 Å². The van der Waals surface area contributed by atoms with E-state index in [1.54, 1.807) is 48.5 Å². The van der Waals surface area contributed by atoms with E-state index in [1.165, 1.54) is 10.8 Å². The Labute approximate surface area is 295 Å². The number of piperazine rings is 1. The highest BCUT2D eigenvalue weighted by molar-refractivity contribution is 6.31. The average molecular weight is 718 g/mol. The number of carbonyl (C=O) groups is 2. The van der Waals surface area contributed by atoms with Crippen LogP contribution < -0.4 is 26.3 Å². The molecule has 1 atom stereocenters. The maximum atomic E-state index is 15.4. The number of carboxylic acid groups (broad SMARTS) is 1. The predicted molar refractivity (Wildman–Crippen MR) is 191 cm³/mol. The summed E-state index contributed by atoms with van der Waals surface area (Å²) < 4.78 is 16.9. The number of nitrogen functional groups attached to an aromatic ring is 1. The summed E-state index contributed by atoms with van der Waals surface area (Å²) in [6.07, 6.45) is 3.40. The van der Waals surface area contributed by atoms with Crippen LogP contribution in [0, 0.1) is 5.82 Å². The third-order valence-electron chi connectivity index (χ3n) is 9.13. The molecule has 3 aromatic carbocycles. The van der Waals surface area contributed by atoms with Crippen molar-refractivity contribution >= 4 is 69.1 Å². The van der Waals surface area contributed by atoms with Gasteiger partial charge in [0.25, 0.3) is 5.91 Å². The van der Waals surface area contributed by atoms with Gasteiger partial charge in [-0.3, -0.25) is 19.4 Å². The third-order valence-corrected chi connectivity index (χ3v) is 9.61. The molecule has 12 nitrogen and oxygen atoms in total. The Morgan fingerprint density at radius 3 is 2.44 bits per heavy atom. The topological polar surface area (TPSA) is 150 Å². The summed E-state index contributed by atoms with van der Waals surface area (Å²) in [5.74, 6) is -1.69. The summed E-state index contributed by atoms with van der Waals surface area (Å²) in [7, 11) is 1.62. The summed E-state index contributed by atoms with van der Waals surface area (Å²) in [4.78, 5) is 52.7. The van der Waals surface area contributed by atoms with Crippen molar-refractivity contribution in [3.63, 3.8) is 0 Å². The van der Waals surface area contributed by atoms with Crippen molar-refractivity contribution in [1.82, 2.24) is 19.4 Å². The molecule has 50 heavy (non-hydrogen) atoms. The number of anilines is 4. The lowest BCUT2D eigenvalue weighted by Gasteiger charge is -2.38. The van der Waals surface area contributed by atoms with E-state index < -0.39 is 28.8 Å². The van der Waals surface area contributed by atoms with Crippen LogP contribution >= 0.6 is 23.2 Å². The molecule has 1 fully saturated rings. The van der Waals surface area contributed by atoms with Crippen LogP contribution in [0.25, 0.3) is 10.9 Å². The van der Waals surface area contributed by atoms with Crippen LogP contribution in [0.3, 0.4) is 0 Å². The van der Waals surface area contributed by atoms with Crippen LogP contribution in [0.15, 0.2) is 71.8 Å². The van der Waals surface area contributed by atoms with Gasteiger partial charge in [-0.15, -0.1) is 0 Å². The van der Waals surface area contributed by atoms with Crippen LogP contribution in [0.4, 0.5) is 27.5 Å². The van der Waals surface area contributed by atoms with Crippen LogP contribution in [0.5, 0.6) is 0 Å². The van der Waals surface area contributed by atoms with E-state index in [0.717, 1.165) is 17.2 Å². The average Bonchev–Trinajstić information content (AvgIpc) is 3.33. The first-order chi connectivity index (χ1) is 24.0. The number of halogens is 3. The van der Waals surface area contributed by atoms with Crippen LogP contribution in [-0.2, 0) is 18.3 Å². The number of aryl methyl sites for hydroxylation is 1. The van der Waals surface area contributed by atoms with E-state index in [-0.39, 0.29) is 23.9 Å². The number of rotatable bonds is 8. The van der Waals surface area contributed by atoms with E-state index in [0.29, 0.717) is 70.9 Å². The van der Waals surface area contributed by atoms with Gasteiger partial charge in [0.2, 0.25) is 11.4 Å². The van der Waals surface area contributed by atoms with Crippen LogP contribution in [0.1, 0.15) is 33.1 Å². The quantitative estimate of drug-likeness (QED) is 0.202. The van der Waals surface area contributed by atoms with Gasteiger partial charge in [-0.2, -0.15) is 4.98 Å². The number of nitrogens with one attached hydrogen (secondary N) is 1. The fourth-order valence-electron chi connectivity index (χ4n) is 6.49. The van der Waals surface area contributed by atoms with Crippen molar-refractivity contribution in [2.24, 2.45) is 7.05 Å². The summed E-state index contributed by atoms with van der Waals surface area (Å²) in [5, 5.41) is 13.6. The number of amides is 1. The molecule has 256 valence electrons. The highest BCUT2D eigenvalue weighted by Gasteiger charge is 2.39. The number of hydrogen-bond donors (Lipinski definition) is 3. The Hall–Kier alpha value is -5.24. The number of aromatic carboxylic acids is 1. The van der Waals surface area contributed by atoms with Crippen LogP contribution in [-0.4, -0.2) is 69.3 Å². The highest BCUT2D eigenvalue weighted by Crippen LogP contribution is 2.39. The first kappa shape index (κ1) is 33.3. The summed E-state index contributed by atoms with van der Waals surface area (Å²) in [6, 6.07) is 14.6. The molecule has 1 saturated heterocycles. The normalized spacial score (nSPS) is 16.2. The van der Waals surface area contributed by atoms with E-state index in [4.69, 9.17) is 28.9 Å². The van der Waals surface area contributed by atoms with Crippen molar-refractivity contribution in [3.8, 4) is 0 Å². The zero-order valence-electron chi connectivity index (χ0n) is 26.7. The minimum Gasteiger partial charge on any atom is -0.477 e. The molecule has 0 saturated carbocycles. The number of aromatic nitrogens is 3.